The van der Waals surface area contributed by atoms with Gasteiger partial charge in [-0.25, -0.2) is 4.98 Å². The summed E-state index contributed by atoms with van der Waals surface area (Å²) in [5, 5.41) is 0.678. The fraction of sp³-hybridized carbons (Fsp3) is 0.400. The number of benzene rings is 1. The minimum atomic E-state index is -0.0363. The van der Waals surface area contributed by atoms with Crippen LogP contribution in [0, 0.1) is 0 Å². The van der Waals surface area contributed by atoms with E-state index in [-0.39, 0.29) is 18.3 Å². The number of hydrogen-bond donors (Lipinski definition) is 0. The molecule has 164 valence electrons. The molecule has 0 unspecified atom stereocenters. The molecule has 1 aromatic carbocycles. The van der Waals surface area contributed by atoms with Crippen molar-refractivity contribution in [2.24, 2.45) is 0 Å². The highest BCUT2D eigenvalue weighted by atomic mass is 79.9. The Morgan fingerprint density at radius 1 is 1.07 bits per heavy atom. The zero-order valence-corrected chi connectivity index (χ0v) is 21.3. The van der Waals surface area contributed by atoms with Gasteiger partial charge in [0.05, 0.1) is 33.1 Å². The molecule has 0 saturated carbocycles. The number of methoxy groups -OCH3 is 2. The first-order chi connectivity index (χ1) is 14.0. The summed E-state index contributed by atoms with van der Waals surface area (Å²) >= 11 is 6.36. The number of likely N-dealkylation sites (N-methyl/N-ethyl adjacent to an activating group) is 1. The largest absolute Gasteiger partial charge is 0.493 e. The second kappa shape index (κ2) is 11.3. The van der Waals surface area contributed by atoms with Crippen LogP contribution in [0.5, 0.6) is 11.5 Å². The van der Waals surface area contributed by atoms with Gasteiger partial charge in [-0.1, -0.05) is 25.2 Å². The number of rotatable bonds is 9. The van der Waals surface area contributed by atoms with Crippen LogP contribution in [0.25, 0.3) is 10.2 Å². The van der Waals surface area contributed by atoms with Crippen molar-refractivity contribution in [2.45, 2.75) is 13.8 Å². The number of carbonyl (C=O) groups is 1. The highest BCUT2D eigenvalue weighted by Crippen LogP contribution is 2.38. The van der Waals surface area contributed by atoms with Crippen molar-refractivity contribution >= 4 is 72.3 Å². The number of hydrogen-bond acceptors (Lipinski definition) is 7. The summed E-state index contributed by atoms with van der Waals surface area (Å²) in [4.78, 5) is 22.8. The maximum absolute atomic E-state index is 13.3. The standard InChI is InChI=1S/C20H24BrN3O3S2.ClH/c1-5-23(6-2)9-10-24(19(25)16-7-8-18(21)28-16)20-22-13-11-14(26-3)15(27-4)12-17(13)29-20;/h7-8,11-12H,5-6,9-10H2,1-4H3;1H. The van der Waals surface area contributed by atoms with E-state index < -0.39 is 0 Å². The molecule has 3 aromatic rings. The second-order valence-corrected chi connectivity index (χ2v) is 9.73. The molecule has 0 aliphatic rings. The number of aromatic nitrogens is 1. The molecular formula is C20H25BrClN3O3S2. The maximum atomic E-state index is 13.3. The fourth-order valence-electron chi connectivity index (χ4n) is 2.99. The Kier molecular flexibility index (Phi) is 9.36. The average Bonchev–Trinajstić information content (AvgIpc) is 3.35. The molecule has 3 rings (SSSR count). The second-order valence-electron chi connectivity index (χ2n) is 6.26. The van der Waals surface area contributed by atoms with Crippen LogP contribution in [0.4, 0.5) is 5.13 Å². The minimum absolute atomic E-state index is 0. The molecule has 0 aliphatic heterocycles. The summed E-state index contributed by atoms with van der Waals surface area (Å²) in [5.74, 6) is 1.24. The van der Waals surface area contributed by atoms with Gasteiger partial charge in [-0.3, -0.25) is 9.69 Å². The normalized spacial score (nSPS) is 10.9. The van der Waals surface area contributed by atoms with Crippen molar-refractivity contribution < 1.29 is 14.3 Å². The van der Waals surface area contributed by atoms with Gasteiger partial charge in [0, 0.05) is 25.2 Å². The number of anilines is 1. The first kappa shape index (κ1) is 24.9. The van der Waals surface area contributed by atoms with Crippen molar-refractivity contribution in [3.8, 4) is 11.5 Å². The topological polar surface area (TPSA) is 54.9 Å². The third-order valence-electron chi connectivity index (χ3n) is 4.68. The maximum Gasteiger partial charge on any atom is 0.270 e. The van der Waals surface area contributed by atoms with Crippen molar-refractivity contribution in [1.29, 1.82) is 0 Å². The van der Waals surface area contributed by atoms with Gasteiger partial charge in [0.25, 0.3) is 5.91 Å². The molecule has 0 N–H and O–H groups in total. The van der Waals surface area contributed by atoms with Crippen LogP contribution < -0.4 is 14.4 Å². The van der Waals surface area contributed by atoms with E-state index >= 15 is 0 Å². The molecule has 10 heteroatoms. The van der Waals surface area contributed by atoms with Gasteiger partial charge in [0.15, 0.2) is 16.6 Å². The molecule has 0 spiro atoms. The molecule has 1 amide bonds. The van der Waals surface area contributed by atoms with Crippen LogP contribution in [-0.4, -0.2) is 56.2 Å². The van der Waals surface area contributed by atoms with E-state index in [1.165, 1.54) is 22.7 Å². The molecule has 0 aliphatic carbocycles. The number of carbonyl (C=O) groups excluding carboxylic acids is 1. The third-order valence-corrected chi connectivity index (χ3v) is 7.33. The zero-order chi connectivity index (χ0) is 21.0. The number of nitrogens with zero attached hydrogens (tertiary/aromatic N) is 3. The zero-order valence-electron chi connectivity index (χ0n) is 17.3. The molecule has 2 aromatic heterocycles. The summed E-state index contributed by atoms with van der Waals surface area (Å²) in [6.45, 7) is 7.50. The number of thiazole rings is 1. The van der Waals surface area contributed by atoms with Gasteiger partial charge in [-0.2, -0.15) is 0 Å². The molecule has 0 radical (unpaired) electrons. The Labute approximate surface area is 199 Å². The van der Waals surface area contributed by atoms with Crippen molar-refractivity contribution in [3.63, 3.8) is 0 Å². The van der Waals surface area contributed by atoms with E-state index in [0.29, 0.717) is 28.1 Å². The van der Waals surface area contributed by atoms with Crippen molar-refractivity contribution in [1.82, 2.24) is 9.88 Å². The Morgan fingerprint density at radius 3 is 2.30 bits per heavy atom. The number of thiophene rings is 1. The van der Waals surface area contributed by atoms with Gasteiger partial charge in [-0.05, 0) is 41.2 Å². The Balaban J connectivity index is 0.00000320. The lowest BCUT2D eigenvalue weighted by atomic mass is 10.3. The summed E-state index contributed by atoms with van der Waals surface area (Å²) in [6.07, 6.45) is 0. The molecule has 0 saturated heterocycles. The summed E-state index contributed by atoms with van der Waals surface area (Å²) in [6, 6.07) is 7.50. The van der Waals surface area contributed by atoms with E-state index in [4.69, 9.17) is 14.5 Å². The summed E-state index contributed by atoms with van der Waals surface area (Å²) < 4.78 is 12.7. The van der Waals surface area contributed by atoms with E-state index in [1.54, 1.807) is 19.1 Å². The van der Waals surface area contributed by atoms with Crippen LogP contribution in [0.2, 0.25) is 0 Å². The Morgan fingerprint density at radius 2 is 1.73 bits per heavy atom. The monoisotopic (exact) mass is 533 g/mol. The first-order valence-electron chi connectivity index (χ1n) is 9.32. The molecular weight excluding hydrogens is 510 g/mol. The van der Waals surface area contributed by atoms with Crippen LogP contribution >= 0.6 is 51.0 Å². The summed E-state index contributed by atoms with van der Waals surface area (Å²) in [5.41, 5.74) is 0.788. The van der Waals surface area contributed by atoms with Gasteiger partial charge < -0.3 is 14.4 Å². The average molecular weight is 535 g/mol. The minimum Gasteiger partial charge on any atom is -0.493 e. The molecule has 30 heavy (non-hydrogen) atoms. The molecule has 0 atom stereocenters. The third kappa shape index (κ3) is 5.45. The lowest BCUT2D eigenvalue weighted by Crippen LogP contribution is -2.38. The Bertz CT molecular complexity index is 950. The number of fused-ring (bicyclic) bond motifs is 1. The van der Waals surface area contributed by atoms with E-state index in [0.717, 1.165) is 33.6 Å². The smallest absolute Gasteiger partial charge is 0.270 e. The quantitative estimate of drug-likeness (QED) is 0.360. The summed E-state index contributed by atoms with van der Waals surface area (Å²) in [7, 11) is 3.21. The highest BCUT2D eigenvalue weighted by molar-refractivity contribution is 9.11. The van der Waals surface area contributed by atoms with Gasteiger partial charge in [-0.15, -0.1) is 23.7 Å². The first-order valence-corrected chi connectivity index (χ1v) is 11.7. The molecule has 0 bridgehead atoms. The fourth-order valence-corrected chi connectivity index (χ4v) is 5.32. The highest BCUT2D eigenvalue weighted by Gasteiger charge is 2.24. The molecule has 0 fully saturated rings. The van der Waals surface area contributed by atoms with Gasteiger partial charge in [0.2, 0.25) is 0 Å². The van der Waals surface area contributed by atoms with Crippen molar-refractivity contribution in [3.05, 3.63) is 32.9 Å². The van der Waals surface area contributed by atoms with E-state index in [9.17, 15) is 4.79 Å². The van der Waals surface area contributed by atoms with Crippen LogP contribution in [0.3, 0.4) is 0 Å². The number of amides is 1. The molecule has 2 heterocycles. The van der Waals surface area contributed by atoms with Crippen LogP contribution in [0.1, 0.15) is 23.5 Å². The lowest BCUT2D eigenvalue weighted by Gasteiger charge is -2.24. The van der Waals surface area contributed by atoms with Crippen LogP contribution in [-0.2, 0) is 0 Å². The van der Waals surface area contributed by atoms with Gasteiger partial charge in [0.1, 0.15) is 0 Å². The predicted octanol–water partition coefficient (Wildman–Crippen LogP) is 5.55. The predicted molar refractivity (Wildman–Crippen MR) is 131 cm³/mol. The van der Waals surface area contributed by atoms with E-state index in [2.05, 4.69) is 34.7 Å². The number of halogens is 2. The SMILES string of the molecule is CCN(CC)CCN(C(=O)c1ccc(Br)s1)c1nc2cc(OC)c(OC)cc2s1.Cl. The van der Waals surface area contributed by atoms with Crippen LogP contribution in [0.15, 0.2) is 28.1 Å². The van der Waals surface area contributed by atoms with Gasteiger partial charge >= 0.3 is 0 Å². The number of ether oxygens (including phenoxy) is 2. The molecule has 6 nitrogen and oxygen atoms in total. The Hall–Kier alpha value is -1.39. The lowest BCUT2D eigenvalue weighted by molar-refractivity contribution is 0.0987. The van der Waals surface area contributed by atoms with Crippen molar-refractivity contribution in [2.75, 3.05) is 45.3 Å². The van der Waals surface area contributed by atoms with E-state index in [1.807, 2.05) is 24.3 Å².